The minimum Gasteiger partial charge on any atom is -0.487 e. The van der Waals surface area contributed by atoms with Gasteiger partial charge in [-0.15, -0.1) is 0 Å². The van der Waals surface area contributed by atoms with Crippen molar-refractivity contribution in [1.29, 1.82) is 0 Å². The maximum absolute atomic E-state index is 12.8. The van der Waals surface area contributed by atoms with Crippen LogP contribution >= 0.6 is 11.6 Å². The molecule has 0 saturated carbocycles. The van der Waals surface area contributed by atoms with Crippen LogP contribution in [0.15, 0.2) is 41.3 Å². The number of hydrogen-bond acceptors (Lipinski definition) is 4. The van der Waals surface area contributed by atoms with Crippen molar-refractivity contribution in [3.05, 3.63) is 47.0 Å². The number of carbonyl (C=O) groups excluding carboxylic acids is 1. The Morgan fingerprint density at radius 3 is 2.65 bits per heavy atom. The molecule has 8 heteroatoms. The van der Waals surface area contributed by atoms with Crippen LogP contribution < -0.4 is 14.4 Å². The van der Waals surface area contributed by atoms with Crippen molar-refractivity contribution in [1.82, 2.24) is 0 Å². The van der Waals surface area contributed by atoms with Crippen molar-refractivity contribution in [3.8, 4) is 5.75 Å². The number of amides is 1. The van der Waals surface area contributed by atoms with Crippen molar-refractivity contribution in [2.75, 3.05) is 16.2 Å². The molecule has 0 fully saturated rings. The second-order valence-corrected chi connectivity index (χ2v) is 8.37. The number of nitrogens with zero attached hydrogens (tertiary/aromatic N) is 1. The van der Waals surface area contributed by atoms with Crippen molar-refractivity contribution >= 4 is 38.9 Å². The number of anilines is 2. The molecule has 1 atom stereocenters. The van der Waals surface area contributed by atoms with E-state index in [1.165, 1.54) is 24.0 Å². The zero-order valence-electron chi connectivity index (χ0n) is 14.6. The van der Waals surface area contributed by atoms with Gasteiger partial charge in [-0.3, -0.25) is 9.52 Å². The van der Waals surface area contributed by atoms with E-state index >= 15 is 0 Å². The van der Waals surface area contributed by atoms with Gasteiger partial charge in [0.05, 0.1) is 22.8 Å². The molecule has 6 nitrogen and oxygen atoms in total. The standard InChI is InChI=1S/C18H19ClN2O4S/c1-11-8-14(19)4-6-16(11)20-26(23,24)15-5-7-18-17(9-15)21(13(3)22)10-12(2)25-18/h4-9,12,20H,10H2,1-3H3. The molecule has 0 aliphatic carbocycles. The molecule has 3 rings (SSSR count). The van der Waals surface area contributed by atoms with Gasteiger partial charge < -0.3 is 9.64 Å². The Morgan fingerprint density at radius 2 is 2.00 bits per heavy atom. The Hall–Kier alpha value is -2.25. The molecule has 0 radical (unpaired) electrons. The highest BCUT2D eigenvalue weighted by Crippen LogP contribution is 2.36. The first-order chi connectivity index (χ1) is 12.2. The Bertz CT molecular complexity index is 975. The quantitative estimate of drug-likeness (QED) is 0.863. The van der Waals surface area contributed by atoms with E-state index in [9.17, 15) is 13.2 Å². The number of ether oxygens (including phenoxy) is 1. The lowest BCUT2D eigenvalue weighted by Crippen LogP contribution is -2.41. The summed E-state index contributed by atoms with van der Waals surface area (Å²) >= 11 is 5.91. The van der Waals surface area contributed by atoms with E-state index in [-0.39, 0.29) is 16.9 Å². The molecule has 26 heavy (non-hydrogen) atoms. The molecule has 1 amide bonds. The minimum absolute atomic E-state index is 0.0509. The smallest absolute Gasteiger partial charge is 0.261 e. The van der Waals surface area contributed by atoms with Crippen LogP contribution in [0.3, 0.4) is 0 Å². The lowest BCUT2D eigenvalue weighted by atomic mass is 10.2. The first-order valence-electron chi connectivity index (χ1n) is 8.05. The third-order valence-corrected chi connectivity index (χ3v) is 5.71. The molecule has 1 aliphatic rings. The van der Waals surface area contributed by atoms with Crippen molar-refractivity contribution in [2.24, 2.45) is 0 Å². The van der Waals surface area contributed by atoms with E-state index < -0.39 is 10.0 Å². The molecule has 0 spiro atoms. The van der Waals surface area contributed by atoms with Crippen LogP contribution in [0.1, 0.15) is 19.4 Å². The summed E-state index contributed by atoms with van der Waals surface area (Å²) in [6, 6.07) is 9.40. The summed E-state index contributed by atoms with van der Waals surface area (Å²) in [6.45, 7) is 5.44. The van der Waals surface area contributed by atoms with Crippen LogP contribution in [-0.4, -0.2) is 27.0 Å². The zero-order chi connectivity index (χ0) is 19.1. The van der Waals surface area contributed by atoms with Gasteiger partial charge in [0.2, 0.25) is 5.91 Å². The van der Waals surface area contributed by atoms with Gasteiger partial charge >= 0.3 is 0 Å². The zero-order valence-corrected chi connectivity index (χ0v) is 16.2. The van der Waals surface area contributed by atoms with Crippen molar-refractivity contribution in [3.63, 3.8) is 0 Å². The summed E-state index contributed by atoms with van der Waals surface area (Å²) in [4.78, 5) is 13.5. The number of nitrogens with one attached hydrogen (secondary N) is 1. The summed E-state index contributed by atoms with van der Waals surface area (Å²) in [5.74, 6) is 0.318. The molecule has 1 heterocycles. The van der Waals surface area contributed by atoms with E-state index in [4.69, 9.17) is 16.3 Å². The largest absolute Gasteiger partial charge is 0.487 e. The monoisotopic (exact) mass is 394 g/mol. The predicted molar refractivity (Wildman–Crippen MR) is 102 cm³/mol. The molecule has 0 saturated heterocycles. The summed E-state index contributed by atoms with van der Waals surface area (Å²) in [7, 11) is -3.83. The van der Waals surface area contributed by atoms with Gasteiger partial charge in [-0.2, -0.15) is 0 Å². The Kier molecular flexibility index (Phi) is 4.86. The molecule has 0 aromatic heterocycles. The molecule has 2 aromatic carbocycles. The number of aryl methyl sites for hydroxylation is 1. The third kappa shape index (κ3) is 3.64. The second kappa shape index (κ2) is 6.81. The van der Waals surface area contributed by atoms with E-state index in [1.54, 1.807) is 31.2 Å². The lowest BCUT2D eigenvalue weighted by Gasteiger charge is -2.33. The van der Waals surface area contributed by atoms with Crippen molar-refractivity contribution < 1.29 is 17.9 Å². The average Bonchev–Trinajstić information content (AvgIpc) is 2.56. The number of hydrogen-bond donors (Lipinski definition) is 1. The minimum atomic E-state index is -3.83. The second-order valence-electron chi connectivity index (χ2n) is 6.25. The van der Waals surface area contributed by atoms with Gasteiger partial charge in [0.25, 0.3) is 10.0 Å². The molecule has 0 bridgehead atoms. The van der Waals surface area contributed by atoms with Gasteiger partial charge in [0, 0.05) is 11.9 Å². The van der Waals surface area contributed by atoms with Gasteiger partial charge in [0.15, 0.2) is 0 Å². The fourth-order valence-electron chi connectivity index (χ4n) is 2.83. The van der Waals surface area contributed by atoms with Crippen LogP contribution in [0.2, 0.25) is 5.02 Å². The topological polar surface area (TPSA) is 75.7 Å². The normalized spacial score (nSPS) is 16.6. The lowest BCUT2D eigenvalue weighted by molar-refractivity contribution is -0.117. The van der Waals surface area contributed by atoms with E-state index in [0.717, 1.165) is 0 Å². The predicted octanol–water partition coefficient (Wildman–Crippen LogP) is 3.58. The van der Waals surface area contributed by atoms with E-state index in [2.05, 4.69) is 4.72 Å². The van der Waals surface area contributed by atoms with Crippen LogP contribution in [0.5, 0.6) is 5.75 Å². The number of halogens is 1. The van der Waals surface area contributed by atoms with E-state index in [1.807, 2.05) is 6.92 Å². The first kappa shape index (κ1) is 18.5. The molecule has 2 aromatic rings. The molecule has 1 aliphatic heterocycles. The number of fused-ring (bicyclic) bond motifs is 1. The maximum Gasteiger partial charge on any atom is 0.261 e. The highest BCUT2D eigenvalue weighted by Gasteiger charge is 2.28. The summed E-state index contributed by atoms with van der Waals surface area (Å²) in [5, 5.41) is 0.530. The summed E-state index contributed by atoms with van der Waals surface area (Å²) in [5.41, 5.74) is 1.60. The van der Waals surface area contributed by atoms with Crippen LogP contribution in [-0.2, 0) is 14.8 Å². The molecule has 1 N–H and O–H groups in total. The molecule has 138 valence electrons. The fraction of sp³-hybridized carbons (Fsp3) is 0.278. The van der Waals surface area contributed by atoms with Gasteiger partial charge in [-0.25, -0.2) is 8.42 Å². The van der Waals surface area contributed by atoms with Crippen molar-refractivity contribution in [2.45, 2.75) is 31.8 Å². The number of carbonyl (C=O) groups is 1. The number of rotatable bonds is 3. The highest BCUT2D eigenvalue weighted by molar-refractivity contribution is 7.92. The Morgan fingerprint density at radius 1 is 1.27 bits per heavy atom. The number of sulfonamides is 1. The Labute approximate surface area is 157 Å². The number of benzene rings is 2. The summed E-state index contributed by atoms with van der Waals surface area (Å²) in [6.07, 6.45) is -0.163. The fourth-order valence-corrected chi connectivity index (χ4v) is 4.20. The SMILES string of the molecule is CC(=O)N1CC(C)Oc2ccc(S(=O)(=O)Nc3ccc(Cl)cc3C)cc21. The molecular weight excluding hydrogens is 376 g/mol. The van der Waals surface area contributed by atoms with Crippen LogP contribution in [0, 0.1) is 6.92 Å². The summed E-state index contributed by atoms with van der Waals surface area (Å²) < 4.78 is 33.8. The average molecular weight is 395 g/mol. The third-order valence-electron chi connectivity index (χ3n) is 4.11. The highest BCUT2D eigenvalue weighted by atomic mass is 35.5. The first-order valence-corrected chi connectivity index (χ1v) is 9.91. The molecule has 1 unspecified atom stereocenters. The Balaban J connectivity index is 1.98. The van der Waals surface area contributed by atoms with Gasteiger partial charge in [0.1, 0.15) is 11.9 Å². The molecular formula is C18H19ClN2O4S. The van der Waals surface area contributed by atoms with Crippen LogP contribution in [0.4, 0.5) is 11.4 Å². The van der Waals surface area contributed by atoms with Crippen LogP contribution in [0.25, 0.3) is 0 Å². The van der Waals surface area contributed by atoms with Gasteiger partial charge in [-0.1, -0.05) is 11.6 Å². The maximum atomic E-state index is 12.8. The van der Waals surface area contributed by atoms with E-state index in [0.29, 0.717) is 34.3 Å². The van der Waals surface area contributed by atoms with Gasteiger partial charge in [-0.05, 0) is 55.8 Å².